The minimum atomic E-state index is 0.464. The minimum absolute atomic E-state index is 0.464. The van der Waals surface area contributed by atoms with Gasteiger partial charge in [0, 0.05) is 53.7 Å². The summed E-state index contributed by atoms with van der Waals surface area (Å²) in [5.74, 6) is 0.945. The van der Waals surface area contributed by atoms with Gasteiger partial charge in [0.25, 0.3) is 0 Å². The summed E-state index contributed by atoms with van der Waals surface area (Å²) in [4.78, 5) is 13.9. The second kappa shape index (κ2) is 8.50. The van der Waals surface area contributed by atoms with Gasteiger partial charge in [0.2, 0.25) is 5.95 Å². The van der Waals surface area contributed by atoms with E-state index in [9.17, 15) is 0 Å². The highest BCUT2D eigenvalue weighted by molar-refractivity contribution is 6.30. The van der Waals surface area contributed by atoms with Crippen LogP contribution >= 0.6 is 11.6 Å². The molecule has 0 unspecified atom stereocenters. The second-order valence-corrected chi connectivity index (χ2v) is 8.26. The van der Waals surface area contributed by atoms with Gasteiger partial charge in [-0.05, 0) is 62.9 Å². The molecule has 2 heterocycles. The Bertz CT molecular complexity index is 1040. The quantitative estimate of drug-likeness (QED) is 0.645. The fraction of sp³-hybridized carbons (Fsp3) is 0.304. The van der Waals surface area contributed by atoms with Crippen LogP contribution in [0.3, 0.4) is 0 Å². The van der Waals surface area contributed by atoms with Crippen LogP contribution in [-0.4, -0.2) is 48.1 Å². The van der Waals surface area contributed by atoms with E-state index in [4.69, 9.17) is 22.3 Å². The van der Waals surface area contributed by atoms with Gasteiger partial charge >= 0.3 is 0 Å². The molecule has 0 aliphatic carbocycles. The van der Waals surface area contributed by atoms with Crippen LogP contribution in [0.25, 0.3) is 11.3 Å². The highest BCUT2D eigenvalue weighted by atomic mass is 35.5. The molecule has 6 nitrogen and oxygen atoms in total. The van der Waals surface area contributed by atoms with Crippen molar-refractivity contribution in [2.75, 3.05) is 49.2 Å². The largest absolute Gasteiger partial charge is 0.383 e. The summed E-state index contributed by atoms with van der Waals surface area (Å²) in [6, 6.07) is 14.1. The third-order valence-corrected chi connectivity index (χ3v) is 5.85. The van der Waals surface area contributed by atoms with Crippen LogP contribution in [0, 0.1) is 13.8 Å². The number of nitrogens with two attached hydrogens (primary N) is 1. The van der Waals surface area contributed by atoms with E-state index in [-0.39, 0.29) is 0 Å². The Morgan fingerprint density at radius 2 is 1.67 bits per heavy atom. The Morgan fingerprint density at radius 3 is 2.33 bits per heavy atom. The van der Waals surface area contributed by atoms with Gasteiger partial charge in [0.1, 0.15) is 5.82 Å². The predicted octanol–water partition coefficient (Wildman–Crippen LogP) is 4.49. The van der Waals surface area contributed by atoms with Gasteiger partial charge in [-0.2, -0.15) is 4.98 Å². The maximum Gasteiger partial charge on any atom is 0.229 e. The number of aromatic nitrogens is 2. The van der Waals surface area contributed by atoms with E-state index in [1.54, 1.807) is 0 Å². The van der Waals surface area contributed by atoms with Gasteiger partial charge in [-0.15, -0.1) is 0 Å². The Morgan fingerprint density at radius 1 is 0.967 bits per heavy atom. The molecule has 1 aromatic heterocycles. The summed E-state index contributed by atoms with van der Waals surface area (Å²) in [6.45, 7) is 8.22. The van der Waals surface area contributed by atoms with E-state index >= 15 is 0 Å². The van der Waals surface area contributed by atoms with Crippen LogP contribution in [-0.2, 0) is 0 Å². The minimum Gasteiger partial charge on any atom is -0.383 e. The van der Waals surface area contributed by atoms with Crippen molar-refractivity contribution < 1.29 is 0 Å². The SMILES string of the molecule is Cc1cc(Cl)ccc1-c1nc(Nc2ccc(N3CCN(C)CC3)cc2)nc(N)c1C. The molecule has 1 aliphatic heterocycles. The monoisotopic (exact) mass is 422 g/mol. The van der Waals surface area contributed by atoms with E-state index in [1.165, 1.54) is 5.69 Å². The molecule has 30 heavy (non-hydrogen) atoms. The van der Waals surface area contributed by atoms with Crippen LogP contribution in [0.5, 0.6) is 0 Å². The van der Waals surface area contributed by atoms with Crippen molar-refractivity contribution in [3.8, 4) is 11.3 Å². The maximum absolute atomic E-state index is 6.20. The first-order valence-corrected chi connectivity index (χ1v) is 10.5. The Hall–Kier alpha value is -2.83. The number of likely N-dealkylation sites (N-methyl/N-ethyl adjacent to an activating group) is 1. The molecule has 1 aliphatic rings. The summed E-state index contributed by atoms with van der Waals surface area (Å²) in [6.07, 6.45) is 0. The molecule has 0 amide bonds. The van der Waals surface area contributed by atoms with Crippen molar-refractivity contribution in [3.05, 3.63) is 58.6 Å². The molecule has 156 valence electrons. The summed E-state index contributed by atoms with van der Waals surface area (Å²) in [5, 5.41) is 4.00. The van der Waals surface area contributed by atoms with E-state index < -0.39 is 0 Å². The number of hydrogen-bond donors (Lipinski definition) is 2. The zero-order valence-electron chi connectivity index (χ0n) is 17.6. The Labute approximate surface area is 182 Å². The van der Waals surface area contributed by atoms with Crippen LogP contribution in [0.15, 0.2) is 42.5 Å². The number of halogens is 1. The summed E-state index contributed by atoms with van der Waals surface area (Å²) in [5.41, 5.74) is 12.1. The van der Waals surface area contributed by atoms with Crippen molar-refractivity contribution in [1.29, 1.82) is 0 Å². The van der Waals surface area contributed by atoms with Crippen LogP contribution in [0.2, 0.25) is 5.02 Å². The first-order valence-electron chi connectivity index (χ1n) is 10.1. The third-order valence-electron chi connectivity index (χ3n) is 5.62. The number of nitrogen functional groups attached to an aromatic ring is 1. The standard InChI is InChI=1S/C23H27ClN6/c1-15-14-17(24)4-9-20(15)21-16(2)22(25)28-23(27-21)26-18-5-7-19(8-6-18)30-12-10-29(3)11-13-30/h4-9,14H,10-13H2,1-3H3,(H3,25,26,27,28). The third kappa shape index (κ3) is 4.35. The molecule has 3 N–H and O–H groups in total. The van der Waals surface area contributed by atoms with E-state index in [0.29, 0.717) is 16.8 Å². The second-order valence-electron chi connectivity index (χ2n) is 7.83. The molecule has 0 radical (unpaired) electrons. The fourth-order valence-electron chi connectivity index (χ4n) is 3.69. The topological polar surface area (TPSA) is 70.3 Å². The van der Waals surface area contributed by atoms with Gasteiger partial charge < -0.3 is 20.9 Å². The zero-order chi connectivity index (χ0) is 21.3. The number of hydrogen-bond acceptors (Lipinski definition) is 6. The molecule has 0 bridgehead atoms. The number of nitrogens with one attached hydrogen (secondary N) is 1. The van der Waals surface area contributed by atoms with Gasteiger partial charge in [-0.25, -0.2) is 4.98 Å². The van der Waals surface area contributed by atoms with Crippen LogP contribution in [0.1, 0.15) is 11.1 Å². The lowest BCUT2D eigenvalue weighted by molar-refractivity contribution is 0.313. The molecular weight excluding hydrogens is 396 g/mol. The molecule has 2 aromatic carbocycles. The van der Waals surface area contributed by atoms with Crippen molar-refractivity contribution in [3.63, 3.8) is 0 Å². The fourth-order valence-corrected chi connectivity index (χ4v) is 3.92. The van der Waals surface area contributed by atoms with Crippen molar-refractivity contribution >= 4 is 34.7 Å². The smallest absolute Gasteiger partial charge is 0.229 e. The number of anilines is 4. The molecule has 1 fully saturated rings. The number of benzene rings is 2. The lowest BCUT2D eigenvalue weighted by Gasteiger charge is -2.34. The molecule has 1 saturated heterocycles. The number of nitrogens with zero attached hydrogens (tertiary/aromatic N) is 4. The molecule has 4 rings (SSSR count). The lowest BCUT2D eigenvalue weighted by Crippen LogP contribution is -2.44. The van der Waals surface area contributed by atoms with E-state index in [2.05, 4.69) is 51.4 Å². The van der Waals surface area contributed by atoms with E-state index in [0.717, 1.165) is 54.3 Å². The van der Waals surface area contributed by atoms with Crippen molar-refractivity contribution in [2.45, 2.75) is 13.8 Å². The summed E-state index contributed by atoms with van der Waals surface area (Å²) in [7, 11) is 2.16. The average Bonchev–Trinajstić information content (AvgIpc) is 2.72. The predicted molar refractivity (Wildman–Crippen MR) is 126 cm³/mol. The molecule has 7 heteroatoms. The molecular formula is C23H27ClN6. The zero-order valence-corrected chi connectivity index (χ0v) is 18.4. The highest BCUT2D eigenvalue weighted by Crippen LogP contribution is 2.30. The summed E-state index contributed by atoms with van der Waals surface area (Å²) < 4.78 is 0. The first-order chi connectivity index (χ1) is 14.4. The van der Waals surface area contributed by atoms with Gasteiger partial charge in [-0.1, -0.05) is 17.7 Å². The highest BCUT2D eigenvalue weighted by Gasteiger charge is 2.15. The summed E-state index contributed by atoms with van der Waals surface area (Å²) >= 11 is 6.11. The maximum atomic E-state index is 6.20. The van der Waals surface area contributed by atoms with E-state index in [1.807, 2.05) is 32.0 Å². The number of aryl methyl sites for hydroxylation is 1. The number of piperazine rings is 1. The molecule has 3 aromatic rings. The Balaban J connectivity index is 1.57. The number of rotatable bonds is 4. The molecule has 0 saturated carbocycles. The Kier molecular flexibility index (Phi) is 5.79. The van der Waals surface area contributed by atoms with Crippen molar-refractivity contribution in [2.24, 2.45) is 0 Å². The van der Waals surface area contributed by atoms with Gasteiger partial charge in [0.05, 0.1) is 5.69 Å². The van der Waals surface area contributed by atoms with Crippen LogP contribution in [0.4, 0.5) is 23.1 Å². The van der Waals surface area contributed by atoms with Gasteiger partial charge in [-0.3, -0.25) is 0 Å². The normalized spacial score (nSPS) is 14.7. The molecule has 0 spiro atoms. The first kappa shape index (κ1) is 20.4. The van der Waals surface area contributed by atoms with Gasteiger partial charge in [0.15, 0.2) is 0 Å². The average molecular weight is 423 g/mol. The van der Waals surface area contributed by atoms with Crippen LogP contribution < -0.4 is 16.0 Å². The lowest BCUT2D eigenvalue weighted by atomic mass is 10.0. The van der Waals surface area contributed by atoms with Crippen molar-refractivity contribution in [1.82, 2.24) is 14.9 Å². The molecule has 0 atom stereocenters.